The summed E-state index contributed by atoms with van der Waals surface area (Å²) >= 11 is 3.10. The van der Waals surface area contributed by atoms with E-state index in [4.69, 9.17) is 4.74 Å². The first-order valence-corrected chi connectivity index (χ1v) is 12.7. The first-order valence-electron chi connectivity index (χ1n) is 10.9. The van der Waals surface area contributed by atoms with E-state index in [9.17, 15) is 9.59 Å². The third kappa shape index (κ3) is 5.58. The fourth-order valence-corrected chi connectivity index (χ4v) is 5.58. The summed E-state index contributed by atoms with van der Waals surface area (Å²) in [6, 6.07) is 13.1. The lowest BCUT2D eigenvalue weighted by molar-refractivity contribution is -0.141. The zero-order valence-corrected chi connectivity index (χ0v) is 19.8. The molecule has 1 fully saturated rings. The van der Waals surface area contributed by atoms with Crippen molar-refractivity contribution in [3.05, 3.63) is 74.6 Å². The number of ether oxygens (including phenoxy) is 1. The average molecular weight is 469 g/mol. The number of nitrogens with zero attached hydrogens (tertiary/aromatic N) is 1. The highest BCUT2D eigenvalue weighted by Crippen LogP contribution is 2.29. The molecule has 2 amide bonds. The van der Waals surface area contributed by atoms with Crippen molar-refractivity contribution in [1.82, 2.24) is 10.2 Å². The molecule has 1 aromatic carbocycles. The predicted octanol–water partition coefficient (Wildman–Crippen LogP) is 5.19. The Kier molecular flexibility index (Phi) is 7.60. The van der Waals surface area contributed by atoms with Gasteiger partial charge in [0.15, 0.2) is 0 Å². The van der Waals surface area contributed by atoms with Gasteiger partial charge >= 0.3 is 0 Å². The normalized spacial score (nSPS) is 14.8. The molecule has 3 aromatic rings. The van der Waals surface area contributed by atoms with E-state index in [1.165, 1.54) is 11.3 Å². The van der Waals surface area contributed by atoms with Crippen LogP contribution in [0.4, 0.5) is 0 Å². The summed E-state index contributed by atoms with van der Waals surface area (Å²) in [7, 11) is 1.63. The minimum absolute atomic E-state index is 0.0620. The number of rotatable bonds is 9. The monoisotopic (exact) mass is 468 g/mol. The molecule has 5 nitrogen and oxygen atoms in total. The zero-order chi connectivity index (χ0) is 22.3. The molecule has 7 heteroatoms. The van der Waals surface area contributed by atoms with Crippen molar-refractivity contribution < 1.29 is 14.3 Å². The molecule has 32 heavy (non-hydrogen) atoms. The average Bonchev–Trinajstić information content (AvgIpc) is 3.58. The van der Waals surface area contributed by atoms with Crippen LogP contribution in [0.25, 0.3) is 0 Å². The second-order valence-corrected chi connectivity index (χ2v) is 9.89. The summed E-state index contributed by atoms with van der Waals surface area (Å²) in [5.74, 6) is 0.571. The van der Waals surface area contributed by atoms with Gasteiger partial charge in [-0.2, -0.15) is 11.3 Å². The minimum Gasteiger partial charge on any atom is -0.497 e. The molecule has 4 rings (SSSR count). The van der Waals surface area contributed by atoms with Crippen molar-refractivity contribution >= 4 is 34.5 Å². The summed E-state index contributed by atoms with van der Waals surface area (Å²) in [5.41, 5.74) is 1.78. The Bertz CT molecular complexity index is 1010. The Balaban J connectivity index is 1.66. The second-order valence-electron chi connectivity index (χ2n) is 8.08. The van der Waals surface area contributed by atoms with E-state index >= 15 is 0 Å². The quantitative estimate of drug-likeness (QED) is 0.470. The van der Waals surface area contributed by atoms with Crippen molar-refractivity contribution in [2.24, 2.45) is 0 Å². The largest absolute Gasteiger partial charge is 0.497 e. The van der Waals surface area contributed by atoms with E-state index in [0.29, 0.717) is 6.54 Å². The molecule has 168 valence electrons. The topological polar surface area (TPSA) is 58.6 Å². The summed E-state index contributed by atoms with van der Waals surface area (Å²) in [6.45, 7) is 0.333. The Morgan fingerprint density at radius 1 is 1.16 bits per heavy atom. The van der Waals surface area contributed by atoms with Gasteiger partial charge in [-0.05, 0) is 64.4 Å². The molecule has 0 aliphatic heterocycles. The molecule has 1 unspecified atom stereocenters. The number of benzene rings is 1. The van der Waals surface area contributed by atoms with Crippen molar-refractivity contribution in [3.8, 4) is 5.75 Å². The van der Waals surface area contributed by atoms with Crippen LogP contribution >= 0.6 is 22.7 Å². The van der Waals surface area contributed by atoms with Gasteiger partial charge in [-0.1, -0.05) is 31.0 Å². The number of hydrogen-bond donors (Lipinski definition) is 1. The fraction of sp³-hybridized carbons (Fsp3) is 0.360. The minimum atomic E-state index is -0.666. The Labute approximate surface area is 197 Å². The van der Waals surface area contributed by atoms with Gasteiger partial charge in [-0.3, -0.25) is 9.59 Å². The first-order chi connectivity index (χ1) is 15.6. The van der Waals surface area contributed by atoms with Gasteiger partial charge in [0.25, 0.3) is 0 Å². The highest BCUT2D eigenvalue weighted by atomic mass is 32.1. The lowest BCUT2D eigenvalue weighted by Gasteiger charge is -2.32. The number of amides is 2. The van der Waals surface area contributed by atoms with E-state index in [1.54, 1.807) is 23.3 Å². The van der Waals surface area contributed by atoms with Crippen LogP contribution < -0.4 is 10.1 Å². The molecule has 0 saturated heterocycles. The van der Waals surface area contributed by atoms with Crippen molar-refractivity contribution in [3.63, 3.8) is 0 Å². The van der Waals surface area contributed by atoms with E-state index in [1.807, 2.05) is 58.6 Å². The maximum atomic E-state index is 13.6. The van der Waals surface area contributed by atoms with Crippen LogP contribution in [0.5, 0.6) is 5.75 Å². The maximum absolute atomic E-state index is 13.6. The van der Waals surface area contributed by atoms with Crippen LogP contribution in [-0.4, -0.2) is 29.9 Å². The number of hydrogen-bond acceptors (Lipinski definition) is 5. The zero-order valence-electron chi connectivity index (χ0n) is 18.2. The van der Waals surface area contributed by atoms with E-state index in [-0.39, 0.29) is 24.3 Å². The first kappa shape index (κ1) is 22.6. The lowest BCUT2D eigenvalue weighted by Crippen LogP contribution is -2.46. The van der Waals surface area contributed by atoms with Crippen LogP contribution in [0.3, 0.4) is 0 Å². The van der Waals surface area contributed by atoms with Gasteiger partial charge in [0.2, 0.25) is 11.8 Å². The number of nitrogens with one attached hydrogen (secondary N) is 1. The Morgan fingerprint density at radius 3 is 2.69 bits per heavy atom. The van der Waals surface area contributed by atoms with Gasteiger partial charge in [0, 0.05) is 17.5 Å². The predicted molar refractivity (Wildman–Crippen MR) is 129 cm³/mol. The van der Waals surface area contributed by atoms with Crippen LogP contribution in [0.2, 0.25) is 0 Å². The van der Waals surface area contributed by atoms with Gasteiger partial charge < -0.3 is 15.0 Å². The van der Waals surface area contributed by atoms with Gasteiger partial charge in [0.1, 0.15) is 11.8 Å². The molecular weight excluding hydrogens is 440 g/mol. The standard InChI is InChI=1S/C25H28N2O3S2/c1-30-21-9-4-6-18(14-21)16-27(23(28)15-22-10-5-12-32-22)24(19-11-13-31-17-19)25(29)26-20-7-2-3-8-20/h4-6,9-14,17,20,24H,2-3,7-8,15-16H2,1H3,(H,26,29). The summed E-state index contributed by atoms with van der Waals surface area (Å²) in [5, 5.41) is 9.12. The molecule has 1 atom stereocenters. The molecule has 1 aliphatic rings. The molecule has 2 heterocycles. The fourth-order valence-electron chi connectivity index (χ4n) is 4.21. The number of carbonyl (C=O) groups excluding carboxylic acids is 2. The lowest BCUT2D eigenvalue weighted by atomic mass is 10.0. The SMILES string of the molecule is COc1cccc(CN(C(=O)Cc2cccs2)C(C(=O)NC2CCCC2)c2ccsc2)c1. The smallest absolute Gasteiger partial charge is 0.247 e. The summed E-state index contributed by atoms with van der Waals surface area (Å²) < 4.78 is 5.37. The molecule has 0 radical (unpaired) electrons. The third-order valence-electron chi connectivity index (χ3n) is 5.83. The summed E-state index contributed by atoms with van der Waals surface area (Å²) in [6.07, 6.45) is 4.55. The molecule has 1 aliphatic carbocycles. The Morgan fingerprint density at radius 2 is 2.00 bits per heavy atom. The van der Waals surface area contributed by atoms with Crippen LogP contribution in [0.1, 0.15) is 47.7 Å². The summed E-state index contributed by atoms with van der Waals surface area (Å²) in [4.78, 5) is 29.8. The number of carbonyl (C=O) groups is 2. The van der Waals surface area contributed by atoms with Gasteiger partial charge in [-0.25, -0.2) is 0 Å². The molecule has 1 N–H and O–H groups in total. The second kappa shape index (κ2) is 10.8. The van der Waals surface area contributed by atoms with Crippen molar-refractivity contribution in [2.75, 3.05) is 7.11 Å². The molecule has 0 spiro atoms. The molecule has 1 saturated carbocycles. The van der Waals surface area contributed by atoms with Gasteiger partial charge in [-0.15, -0.1) is 11.3 Å². The van der Waals surface area contributed by atoms with Gasteiger partial charge in [0.05, 0.1) is 13.5 Å². The maximum Gasteiger partial charge on any atom is 0.247 e. The number of thiophene rings is 2. The number of methoxy groups -OCH3 is 1. The van der Waals surface area contributed by atoms with E-state index < -0.39 is 6.04 Å². The van der Waals surface area contributed by atoms with Crippen LogP contribution in [0.15, 0.2) is 58.6 Å². The molecular formula is C25H28N2O3S2. The Hall–Kier alpha value is -2.64. The van der Waals surface area contributed by atoms with Crippen molar-refractivity contribution in [2.45, 2.75) is 50.7 Å². The van der Waals surface area contributed by atoms with Crippen molar-refractivity contribution in [1.29, 1.82) is 0 Å². The third-order valence-corrected chi connectivity index (χ3v) is 7.41. The van der Waals surface area contributed by atoms with E-state index in [2.05, 4.69) is 5.32 Å². The van der Waals surface area contributed by atoms with E-state index in [0.717, 1.165) is 47.4 Å². The molecule has 2 aromatic heterocycles. The van der Waals surface area contributed by atoms with Crippen LogP contribution in [0, 0.1) is 0 Å². The molecule has 0 bridgehead atoms. The highest BCUT2D eigenvalue weighted by Gasteiger charge is 2.33. The van der Waals surface area contributed by atoms with Crippen LogP contribution in [-0.2, 0) is 22.6 Å². The highest BCUT2D eigenvalue weighted by molar-refractivity contribution is 7.10.